The molecule has 1 N–H and O–H groups in total. The van der Waals surface area contributed by atoms with Crippen LogP contribution in [0.2, 0.25) is 0 Å². The predicted octanol–water partition coefficient (Wildman–Crippen LogP) is 5.80. The molecule has 0 saturated carbocycles. The molecule has 0 spiro atoms. The molecule has 0 fully saturated rings. The van der Waals surface area contributed by atoms with E-state index in [-0.39, 0.29) is 6.61 Å². The Morgan fingerprint density at radius 1 is 0.853 bits per heavy atom. The van der Waals surface area contributed by atoms with Gasteiger partial charge in [0.15, 0.2) is 11.5 Å². The van der Waals surface area contributed by atoms with Crippen molar-refractivity contribution in [1.82, 2.24) is 9.97 Å². The zero-order chi connectivity index (χ0) is 24.1. The fourth-order valence-electron chi connectivity index (χ4n) is 3.46. The molecule has 4 rings (SSSR count). The Bertz CT molecular complexity index is 1330. The fraction of sp³-hybridized carbons (Fsp3) is 0.192. The van der Waals surface area contributed by atoms with Crippen LogP contribution in [0, 0.1) is 13.8 Å². The molecule has 2 heterocycles. The average Bonchev–Trinajstić information content (AvgIpc) is 2.85. The van der Waals surface area contributed by atoms with E-state index in [1.165, 1.54) is 0 Å². The number of benzene rings is 2. The highest BCUT2D eigenvalue weighted by Gasteiger charge is 2.14. The van der Waals surface area contributed by atoms with Crippen molar-refractivity contribution in [3.8, 4) is 23.0 Å². The number of amides is 1. The quantitative estimate of drug-likeness (QED) is 0.373. The maximum Gasteiger partial charge on any atom is 0.412 e. The summed E-state index contributed by atoms with van der Waals surface area (Å²) in [5.74, 6) is 2.47. The topological polar surface area (TPSA) is 91.8 Å². The van der Waals surface area contributed by atoms with Gasteiger partial charge in [-0.15, -0.1) is 0 Å². The molecule has 1 amide bonds. The first-order chi connectivity index (χ1) is 16.5. The second-order valence-electron chi connectivity index (χ2n) is 7.59. The molecule has 0 aliphatic heterocycles. The minimum absolute atomic E-state index is 0.0925. The van der Waals surface area contributed by atoms with E-state index in [4.69, 9.17) is 18.9 Å². The Kier molecular flexibility index (Phi) is 6.77. The van der Waals surface area contributed by atoms with Gasteiger partial charge in [-0.1, -0.05) is 6.07 Å². The SMILES string of the molecule is COc1cc2nccc(Oc3cc(C)c(NC(=O)OCc4ccccn4)cc3C)c2cc1OC. The second kappa shape index (κ2) is 10.1. The van der Waals surface area contributed by atoms with Crippen LogP contribution in [0.25, 0.3) is 10.9 Å². The Balaban J connectivity index is 1.53. The number of aryl methyl sites for hydroxylation is 2. The number of ether oxygens (including phenoxy) is 4. The summed E-state index contributed by atoms with van der Waals surface area (Å²) in [5, 5.41) is 3.57. The van der Waals surface area contributed by atoms with Crippen molar-refractivity contribution < 1.29 is 23.7 Å². The van der Waals surface area contributed by atoms with Crippen LogP contribution in [0.5, 0.6) is 23.0 Å². The van der Waals surface area contributed by atoms with Gasteiger partial charge >= 0.3 is 6.09 Å². The first-order valence-electron chi connectivity index (χ1n) is 10.6. The number of carbonyl (C=O) groups excluding carboxylic acids is 1. The van der Waals surface area contributed by atoms with Crippen molar-refractivity contribution in [2.45, 2.75) is 20.5 Å². The van der Waals surface area contributed by atoms with Crippen LogP contribution in [-0.4, -0.2) is 30.3 Å². The highest BCUT2D eigenvalue weighted by atomic mass is 16.5. The van der Waals surface area contributed by atoms with Crippen molar-refractivity contribution in [2.24, 2.45) is 0 Å². The van der Waals surface area contributed by atoms with Gasteiger partial charge in [0, 0.05) is 29.5 Å². The van der Waals surface area contributed by atoms with Crippen LogP contribution < -0.4 is 19.5 Å². The van der Waals surface area contributed by atoms with E-state index in [2.05, 4.69) is 15.3 Å². The summed E-state index contributed by atoms with van der Waals surface area (Å²) < 4.78 is 22.3. The standard InChI is InChI=1S/C26H25N3O5/c1-16-12-23(17(2)11-20(16)29-26(30)33-15-18-7-5-6-9-27-18)34-22-8-10-28-21-14-25(32-4)24(31-3)13-19(21)22/h5-14H,15H2,1-4H3,(H,29,30). The summed E-state index contributed by atoms with van der Waals surface area (Å²) >= 11 is 0. The zero-order valence-corrected chi connectivity index (χ0v) is 19.4. The smallest absolute Gasteiger partial charge is 0.412 e. The maximum absolute atomic E-state index is 12.3. The lowest BCUT2D eigenvalue weighted by molar-refractivity contribution is 0.153. The van der Waals surface area contributed by atoms with Gasteiger partial charge in [0.2, 0.25) is 0 Å². The van der Waals surface area contributed by atoms with Crippen molar-refractivity contribution in [3.63, 3.8) is 0 Å². The molecule has 174 valence electrons. The fourth-order valence-corrected chi connectivity index (χ4v) is 3.46. The molecule has 0 aliphatic carbocycles. The number of fused-ring (bicyclic) bond motifs is 1. The number of pyridine rings is 2. The van der Waals surface area contributed by atoms with Gasteiger partial charge in [0.1, 0.15) is 18.1 Å². The van der Waals surface area contributed by atoms with Crippen molar-refractivity contribution in [3.05, 3.63) is 77.7 Å². The van der Waals surface area contributed by atoms with Crippen molar-refractivity contribution >= 4 is 22.7 Å². The molecule has 0 radical (unpaired) electrons. The first kappa shape index (κ1) is 22.8. The number of methoxy groups -OCH3 is 2. The lowest BCUT2D eigenvalue weighted by Gasteiger charge is -2.16. The van der Waals surface area contributed by atoms with Crippen LogP contribution >= 0.6 is 0 Å². The van der Waals surface area contributed by atoms with Crippen LogP contribution in [0.1, 0.15) is 16.8 Å². The third-order valence-electron chi connectivity index (χ3n) is 5.26. The Labute approximate surface area is 197 Å². The van der Waals surface area contributed by atoms with E-state index in [1.807, 2.05) is 44.2 Å². The van der Waals surface area contributed by atoms with Gasteiger partial charge in [0.05, 0.1) is 25.4 Å². The number of aromatic nitrogens is 2. The molecule has 0 bridgehead atoms. The Morgan fingerprint density at radius 3 is 2.38 bits per heavy atom. The van der Waals surface area contributed by atoms with E-state index in [0.717, 1.165) is 22.0 Å². The molecule has 2 aromatic carbocycles. The first-order valence-corrected chi connectivity index (χ1v) is 10.6. The molecular formula is C26H25N3O5. The predicted molar refractivity (Wildman–Crippen MR) is 129 cm³/mol. The normalized spacial score (nSPS) is 10.6. The summed E-state index contributed by atoms with van der Waals surface area (Å²) in [5.41, 5.74) is 3.71. The molecule has 8 nitrogen and oxygen atoms in total. The molecule has 2 aromatic heterocycles. The number of rotatable bonds is 7. The summed E-state index contributed by atoms with van der Waals surface area (Å²) in [6.07, 6.45) is 2.78. The number of nitrogens with one attached hydrogen (secondary N) is 1. The summed E-state index contributed by atoms with van der Waals surface area (Å²) in [7, 11) is 3.17. The number of nitrogens with zero attached hydrogens (tertiary/aromatic N) is 2. The van der Waals surface area contributed by atoms with Crippen LogP contribution in [0.3, 0.4) is 0 Å². The molecule has 8 heteroatoms. The van der Waals surface area contributed by atoms with Crippen LogP contribution in [0.15, 0.2) is 60.9 Å². The molecule has 4 aromatic rings. The number of carbonyl (C=O) groups is 1. The van der Waals surface area contributed by atoms with E-state index in [9.17, 15) is 4.79 Å². The average molecular weight is 460 g/mol. The number of anilines is 1. The lowest BCUT2D eigenvalue weighted by Crippen LogP contribution is -2.14. The maximum atomic E-state index is 12.3. The second-order valence-corrected chi connectivity index (χ2v) is 7.59. The van der Waals surface area contributed by atoms with Gasteiger partial charge in [-0.25, -0.2) is 4.79 Å². The molecule has 0 atom stereocenters. The highest BCUT2D eigenvalue weighted by Crippen LogP contribution is 2.38. The molecule has 0 saturated heterocycles. The van der Waals surface area contributed by atoms with Gasteiger partial charge in [-0.2, -0.15) is 0 Å². The Morgan fingerprint density at radius 2 is 1.65 bits per heavy atom. The minimum atomic E-state index is -0.553. The monoisotopic (exact) mass is 459 g/mol. The van der Waals surface area contributed by atoms with E-state index in [0.29, 0.717) is 34.4 Å². The third kappa shape index (κ3) is 5.01. The third-order valence-corrected chi connectivity index (χ3v) is 5.26. The molecule has 0 aliphatic rings. The summed E-state index contributed by atoms with van der Waals surface area (Å²) in [6.45, 7) is 3.89. The van der Waals surface area contributed by atoms with E-state index < -0.39 is 6.09 Å². The van der Waals surface area contributed by atoms with Crippen molar-refractivity contribution in [1.29, 1.82) is 0 Å². The van der Waals surface area contributed by atoms with E-state index in [1.54, 1.807) is 44.8 Å². The van der Waals surface area contributed by atoms with Gasteiger partial charge in [-0.3, -0.25) is 15.3 Å². The minimum Gasteiger partial charge on any atom is -0.493 e. The molecule has 34 heavy (non-hydrogen) atoms. The van der Waals surface area contributed by atoms with Gasteiger partial charge in [-0.05, 0) is 61.4 Å². The van der Waals surface area contributed by atoms with E-state index >= 15 is 0 Å². The lowest BCUT2D eigenvalue weighted by atomic mass is 10.1. The molecule has 0 unspecified atom stereocenters. The number of hydrogen-bond acceptors (Lipinski definition) is 7. The van der Waals surface area contributed by atoms with Crippen LogP contribution in [0.4, 0.5) is 10.5 Å². The van der Waals surface area contributed by atoms with Crippen LogP contribution in [-0.2, 0) is 11.3 Å². The largest absolute Gasteiger partial charge is 0.493 e. The molecular weight excluding hydrogens is 434 g/mol. The van der Waals surface area contributed by atoms with Gasteiger partial charge < -0.3 is 18.9 Å². The number of hydrogen-bond donors (Lipinski definition) is 1. The summed E-state index contributed by atoms with van der Waals surface area (Å²) in [6, 6.07) is 14.6. The van der Waals surface area contributed by atoms with Gasteiger partial charge in [0.25, 0.3) is 0 Å². The Hall–Kier alpha value is -4.33. The summed E-state index contributed by atoms with van der Waals surface area (Å²) in [4.78, 5) is 20.8. The zero-order valence-electron chi connectivity index (χ0n) is 19.4. The highest BCUT2D eigenvalue weighted by molar-refractivity contribution is 5.89. The van der Waals surface area contributed by atoms with Crippen molar-refractivity contribution in [2.75, 3.05) is 19.5 Å².